The molecule has 17 heavy (non-hydrogen) atoms. The Morgan fingerprint density at radius 1 is 1.53 bits per heavy atom. The summed E-state index contributed by atoms with van der Waals surface area (Å²) in [6, 6.07) is 5.96. The second-order valence-corrected chi connectivity index (χ2v) is 4.14. The first-order valence-electron chi connectivity index (χ1n) is 5.31. The van der Waals surface area contributed by atoms with Crippen LogP contribution in [0.2, 0.25) is 0 Å². The van der Waals surface area contributed by atoms with E-state index >= 15 is 0 Å². The van der Waals surface area contributed by atoms with E-state index in [1.165, 1.54) is 17.0 Å². The monoisotopic (exact) mass is 237 g/mol. The molecule has 90 valence electrons. The van der Waals surface area contributed by atoms with Gasteiger partial charge in [-0.3, -0.25) is 9.59 Å². The topological polar surface area (TPSA) is 57.6 Å². The molecule has 5 heteroatoms. The van der Waals surface area contributed by atoms with Gasteiger partial charge in [0.2, 0.25) is 5.91 Å². The molecule has 1 amide bonds. The number of carbonyl (C=O) groups excluding carboxylic acids is 1. The Kier molecular flexibility index (Phi) is 3.08. The number of nitrogens with zero attached hydrogens (tertiary/aromatic N) is 1. The fourth-order valence-corrected chi connectivity index (χ4v) is 1.95. The molecule has 1 atom stereocenters. The van der Waals surface area contributed by atoms with Gasteiger partial charge in [-0.2, -0.15) is 0 Å². The molecule has 1 unspecified atom stereocenters. The highest BCUT2D eigenvalue weighted by Gasteiger charge is 2.33. The summed E-state index contributed by atoms with van der Waals surface area (Å²) in [5, 5.41) is 8.82. The van der Waals surface area contributed by atoms with Crippen molar-refractivity contribution in [2.75, 3.05) is 6.54 Å². The number of rotatable bonds is 3. The Labute approximate surface area is 97.7 Å². The van der Waals surface area contributed by atoms with Gasteiger partial charge in [0.1, 0.15) is 5.82 Å². The molecule has 4 nitrogen and oxygen atoms in total. The zero-order valence-corrected chi connectivity index (χ0v) is 9.10. The van der Waals surface area contributed by atoms with E-state index in [1.54, 1.807) is 12.1 Å². The molecule has 0 bridgehead atoms. The van der Waals surface area contributed by atoms with Gasteiger partial charge in [0.15, 0.2) is 0 Å². The quantitative estimate of drug-likeness (QED) is 0.861. The highest BCUT2D eigenvalue weighted by Crippen LogP contribution is 2.20. The number of amides is 1. The van der Waals surface area contributed by atoms with Crippen LogP contribution in [0.4, 0.5) is 4.39 Å². The van der Waals surface area contributed by atoms with Crippen molar-refractivity contribution in [3.8, 4) is 0 Å². The zero-order chi connectivity index (χ0) is 12.4. The van der Waals surface area contributed by atoms with Crippen molar-refractivity contribution < 1.29 is 19.1 Å². The maximum absolute atomic E-state index is 12.9. The van der Waals surface area contributed by atoms with Crippen molar-refractivity contribution >= 4 is 11.9 Å². The number of hydrogen-bond acceptors (Lipinski definition) is 2. The number of benzene rings is 1. The molecule has 0 radical (unpaired) electrons. The first kappa shape index (κ1) is 11.6. The number of carbonyl (C=O) groups is 2. The van der Waals surface area contributed by atoms with Crippen molar-refractivity contribution in [2.45, 2.75) is 13.0 Å². The normalized spacial score (nSPS) is 19.7. The van der Waals surface area contributed by atoms with Gasteiger partial charge < -0.3 is 10.0 Å². The van der Waals surface area contributed by atoms with E-state index in [1.807, 2.05) is 0 Å². The molecule has 1 fully saturated rings. The summed E-state index contributed by atoms with van der Waals surface area (Å²) in [4.78, 5) is 23.8. The summed E-state index contributed by atoms with van der Waals surface area (Å²) in [7, 11) is 0. The van der Waals surface area contributed by atoms with Gasteiger partial charge in [-0.25, -0.2) is 4.39 Å². The van der Waals surface area contributed by atoms with Crippen LogP contribution in [0.3, 0.4) is 0 Å². The van der Waals surface area contributed by atoms with Crippen molar-refractivity contribution in [2.24, 2.45) is 5.92 Å². The predicted molar refractivity (Wildman–Crippen MR) is 57.6 cm³/mol. The first-order valence-corrected chi connectivity index (χ1v) is 5.31. The van der Waals surface area contributed by atoms with E-state index in [2.05, 4.69) is 0 Å². The van der Waals surface area contributed by atoms with Crippen LogP contribution in [0.5, 0.6) is 0 Å². The molecule has 1 heterocycles. The minimum atomic E-state index is -0.958. The molecule has 1 aliphatic heterocycles. The molecule has 1 N–H and O–H groups in total. The Morgan fingerprint density at radius 2 is 2.29 bits per heavy atom. The highest BCUT2D eigenvalue weighted by atomic mass is 19.1. The molecule has 0 spiro atoms. The number of likely N-dealkylation sites (tertiary alicyclic amines) is 1. The molecular weight excluding hydrogens is 225 g/mol. The Balaban J connectivity index is 2.05. The lowest BCUT2D eigenvalue weighted by Crippen LogP contribution is -2.25. The molecule has 0 saturated carbocycles. The lowest BCUT2D eigenvalue weighted by atomic mass is 10.1. The minimum absolute atomic E-state index is 0.0324. The van der Waals surface area contributed by atoms with Gasteiger partial charge in [-0.15, -0.1) is 0 Å². The van der Waals surface area contributed by atoms with E-state index in [-0.39, 0.29) is 31.2 Å². The minimum Gasteiger partial charge on any atom is -0.481 e. The average molecular weight is 237 g/mol. The van der Waals surface area contributed by atoms with E-state index in [0.717, 1.165) is 0 Å². The fraction of sp³-hybridized carbons (Fsp3) is 0.333. The molecule has 0 aromatic heterocycles. The van der Waals surface area contributed by atoms with E-state index in [4.69, 9.17) is 5.11 Å². The third kappa shape index (κ3) is 2.61. The van der Waals surface area contributed by atoms with Gasteiger partial charge in [0, 0.05) is 19.5 Å². The zero-order valence-electron chi connectivity index (χ0n) is 9.10. The van der Waals surface area contributed by atoms with Crippen LogP contribution in [0.15, 0.2) is 24.3 Å². The molecular formula is C12H12FNO3. The van der Waals surface area contributed by atoms with Crippen LogP contribution < -0.4 is 0 Å². The second-order valence-electron chi connectivity index (χ2n) is 4.14. The van der Waals surface area contributed by atoms with Crippen molar-refractivity contribution in [3.05, 3.63) is 35.6 Å². The van der Waals surface area contributed by atoms with Gasteiger partial charge in [0.25, 0.3) is 0 Å². The summed E-state index contributed by atoms with van der Waals surface area (Å²) in [5.74, 6) is -2.15. The Bertz CT molecular complexity index is 461. The largest absolute Gasteiger partial charge is 0.481 e. The van der Waals surface area contributed by atoms with Crippen LogP contribution in [-0.4, -0.2) is 28.4 Å². The molecule has 2 rings (SSSR count). The van der Waals surface area contributed by atoms with Crippen molar-refractivity contribution in [1.82, 2.24) is 4.90 Å². The Hall–Kier alpha value is -1.91. The lowest BCUT2D eigenvalue weighted by Gasteiger charge is -2.15. The number of carboxylic acids is 1. The summed E-state index contributed by atoms with van der Waals surface area (Å²) in [5.41, 5.74) is 0.671. The fourth-order valence-electron chi connectivity index (χ4n) is 1.95. The Morgan fingerprint density at radius 3 is 2.88 bits per heavy atom. The summed E-state index contributed by atoms with van der Waals surface area (Å²) in [6.07, 6.45) is 0.0324. The summed E-state index contributed by atoms with van der Waals surface area (Å²) < 4.78 is 12.9. The number of carboxylic acid groups (broad SMARTS) is 1. The second kappa shape index (κ2) is 4.53. The number of aliphatic carboxylic acids is 1. The van der Waals surface area contributed by atoms with Gasteiger partial charge >= 0.3 is 5.97 Å². The molecule has 1 aliphatic rings. The molecule has 1 saturated heterocycles. The molecule has 0 aliphatic carbocycles. The smallest absolute Gasteiger partial charge is 0.308 e. The first-order chi connectivity index (χ1) is 8.06. The standard InChI is InChI=1S/C12H12FNO3/c13-10-3-1-2-8(4-10)6-14-7-9(12(16)17)5-11(14)15/h1-4,9H,5-7H2,(H,16,17). The van der Waals surface area contributed by atoms with Crippen LogP contribution in [0.25, 0.3) is 0 Å². The van der Waals surface area contributed by atoms with E-state index in [9.17, 15) is 14.0 Å². The third-order valence-corrected chi connectivity index (χ3v) is 2.83. The summed E-state index contributed by atoms with van der Waals surface area (Å²) in [6.45, 7) is 0.463. The summed E-state index contributed by atoms with van der Waals surface area (Å²) >= 11 is 0. The number of halogens is 1. The van der Waals surface area contributed by atoms with Crippen LogP contribution in [-0.2, 0) is 16.1 Å². The lowest BCUT2D eigenvalue weighted by molar-refractivity contribution is -0.141. The maximum Gasteiger partial charge on any atom is 0.308 e. The molecule has 1 aromatic carbocycles. The number of hydrogen-bond donors (Lipinski definition) is 1. The van der Waals surface area contributed by atoms with Crippen molar-refractivity contribution in [1.29, 1.82) is 0 Å². The van der Waals surface area contributed by atoms with Crippen LogP contribution in [0.1, 0.15) is 12.0 Å². The predicted octanol–water partition coefficient (Wildman–Crippen LogP) is 1.26. The average Bonchev–Trinajstić information content (AvgIpc) is 2.61. The van der Waals surface area contributed by atoms with Crippen LogP contribution in [0, 0.1) is 11.7 Å². The van der Waals surface area contributed by atoms with Gasteiger partial charge in [-0.1, -0.05) is 12.1 Å². The van der Waals surface area contributed by atoms with Crippen LogP contribution >= 0.6 is 0 Å². The van der Waals surface area contributed by atoms with Gasteiger partial charge in [-0.05, 0) is 17.7 Å². The van der Waals surface area contributed by atoms with Gasteiger partial charge in [0.05, 0.1) is 5.92 Å². The SMILES string of the molecule is O=C(O)C1CC(=O)N(Cc2cccc(F)c2)C1. The highest BCUT2D eigenvalue weighted by molar-refractivity contribution is 5.86. The van der Waals surface area contributed by atoms with E-state index in [0.29, 0.717) is 5.56 Å². The molecule has 1 aromatic rings. The van der Waals surface area contributed by atoms with E-state index < -0.39 is 11.9 Å². The third-order valence-electron chi connectivity index (χ3n) is 2.83. The van der Waals surface area contributed by atoms with Crippen molar-refractivity contribution in [3.63, 3.8) is 0 Å². The maximum atomic E-state index is 12.9.